The van der Waals surface area contributed by atoms with Gasteiger partial charge in [-0.2, -0.15) is 0 Å². The fraction of sp³-hybridized carbons (Fsp3) is 0.154. The summed E-state index contributed by atoms with van der Waals surface area (Å²) in [7, 11) is 9.87. The molecule has 0 heterocycles. The van der Waals surface area contributed by atoms with Gasteiger partial charge < -0.3 is 0 Å². The molecule has 0 unspecified atom stereocenters. The van der Waals surface area contributed by atoms with Crippen LogP contribution in [0.1, 0.15) is 38.8 Å². The van der Waals surface area contributed by atoms with Crippen LogP contribution in [0.15, 0.2) is 60.7 Å². The van der Waals surface area contributed by atoms with Crippen LogP contribution in [0.3, 0.4) is 0 Å². The van der Waals surface area contributed by atoms with Crippen LogP contribution in [0.2, 0.25) is 0 Å². The summed E-state index contributed by atoms with van der Waals surface area (Å²) in [5, 5.41) is 0. The SMILES string of the molecule is C[C]1[CH][C](c2ccccc2)[CH][C]1C.C[C]1[CH][C](c2ccccc2)[CH][C]1C.[Cl][Zr+2][Cl]. The minimum absolute atomic E-state index is 0.826. The Hall–Kier alpha value is -0.0969. The Morgan fingerprint density at radius 2 is 0.724 bits per heavy atom. The topological polar surface area (TPSA) is 0 Å². The van der Waals surface area contributed by atoms with Crippen LogP contribution in [-0.2, 0) is 20.8 Å². The van der Waals surface area contributed by atoms with E-state index in [4.69, 9.17) is 17.0 Å². The Morgan fingerprint density at radius 1 is 0.483 bits per heavy atom. The molecule has 10 radical (unpaired) electrons. The summed E-state index contributed by atoms with van der Waals surface area (Å²) in [5.41, 5.74) is 2.61. The summed E-state index contributed by atoms with van der Waals surface area (Å²) in [6.45, 7) is 8.62. The molecule has 0 N–H and O–H groups in total. The van der Waals surface area contributed by atoms with Crippen molar-refractivity contribution in [1.29, 1.82) is 0 Å². The molecule has 3 heteroatoms. The quantitative estimate of drug-likeness (QED) is 0.394. The van der Waals surface area contributed by atoms with Gasteiger partial charge in [0.1, 0.15) is 0 Å². The van der Waals surface area contributed by atoms with Gasteiger partial charge in [0.15, 0.2) is 0 Å². The van der Waals surface area contributed by atoms with Crippen LogP contribution in [-0.4, -0.2) is 0 Å². The first-order valence-electron chi connectivity index (χ1n) is 9.51. The van der Waals surface area contributed by atoms with Crippen molar-refractivity contribution in [2.45, 2.75) is 27.7 Å². The number of rotatable bonds is 2. The molecule has 2 saturated carbocycles. The predicted molar refractivity (Wildman–Crippen MR) is 122 cm³/mol. The van der Waals surface area contributed by atoms with Crippen LogP contribution in [0.25, 0.3) is 0 Å². The van der Waals surface area contributed by atoms with E-state index in [9.17, 15) is 0 Å². The van der Waals surface area contributed by atoms with Crippen LogP contribution in [0, 0.1) is 61.2 Å². The van der Waals surface area contributed by atoms with E-state index in [0.717, 1.165) is 0 Å². The zero-order chi connectivity index (χ0) is 21.2. The third kappa shape index (κ3) is 8.16. The van der Waals surface area contributed by atoms with E-state index in [-0.39, 0.29) is 0 Å². The molecule has 0 nitrogen and oxygen atoms in total. The molecule has 29 heavy (non-hydrogen) atoms. The molecule has 2 aliphatic carbocycles. The van der Waals surface area contributed by atoms with Gasteiger partial charge in [-0.05, 0) is 60.5 Å². The number of hydrogen-bond donors (Lipinski definition) is 0. The fourth-order valence-corrected chi connectivity index (χ4v) is 3.07. The van der Waals surface area contributed by atoms with Crippen molar-refractivity contribution in [2.24, 2.45) is 0 Å². The molecule has 0 bridgehead atoms. The Labute approximate surface area is 197 Å². The van der Waals surface area contributed by atoms with Gasteiger partial charge in [-0.15, -0.1) is 0 Å². The normalized spacial score (nSPS) is 19.2. The number of halogens is 2. The molecule has 0 amide bonds. The fourth-order valence-electron chi connectivity index (χ4n) is 3.07. The van der Waals surface area contributed by atoms with Crippen molar-refractivity contribution in [2.75, 3.05) is 0 Å². The average molecular weight is 501 g/mol. The molecule has 2 fully saturated rings. The van der Waals surface area contributed by atoms with Gasteiger partial charge in [-0.25, -0.2) is 0 Å². The van der Waals surface area contributed by atoms with Gasteiger partial charge in [-0.1, -0.05) is 88.4 Å². The zero-order valence-electron chi connectivity index (χ0n) is 17.3. The van der Waals surface area contributed by atoms with Crippen LogP contribution in [0.5, 0.6) is 0 Å². The van der Waals surface area contributed by atoms with Crippen molar-refractivity contribution in [1.82, 2.24) is 0 Å². The molecule has 2 aromatic rings. The van der Waals surface area contributed by atoms with E-state index in [1.165, 1.54) is 46.6 Å². The van der Waals surface area contributed by atoms with Crippen molar-refractivity contribution in [3.05, 3.63) is 133 Å². The van der Waals surface area contributed by atoms with E-state index in [1.807, 2.05) is 12.1 Å². The van der Waals surface area contributed by atoms with E-state index in [1.54, 1.807) is 0 Å². The molecule has 0 saturated heterocycles. The van der Waals surface area contributed by atoms with Gasteiger partial charge in [0.2, 0.25) is 0 Å². The zero-order valence-corrected chi connectivity index (χ0v) is 21.3. The van der Waals surface area contributed by atoms with E-state index in [0.29, 0.717) is 0 Å². The molecule has 0 aromatic heterocycles. The van der Waals surface area contributed by atoms with Gasteiger partial charge in [0.25, 0.3) is 0 Å². The molecular formula is C26H26Cl2Zr+2. The van der Waals surface area contributed by atoms with Crippen molar-refractivity contribution >= 4 is 17.0 Å². The van der Waals surface area contributed by atoms with Gasteiger partial charge >= 0.3 is 37.9 Å². The van der Waals surface area contributed by atoms with Gasteiger partial charge in [0, 0.05) is 11.8 Å². The third-order valence-corrected chi connectivity index (χ3v) is 4.95. The summed E-state index contributed by atoms with van der Waals surface area (Å²) >= 11 is -0.826. The molecule has 146 valence electrons. The second-order valence-electron chi connectivity index (χ2n) is 7.02. The Kier molecular flexibility index (Phi) is 11.6. The van der Waals surface area contributed by atoms with Gasteiger partial charge in [0.05, 0.1) is 0 Å². The number of benzene rings is 2. The minimum atomic E-state index is -0.826. The van der Waals surface area contributed by atoms with E-state index in [2.05, 4.69) is 102 Å². The van der Waals surface area contributed by atoms with E-state index < -0.39 is 20.8 Å². The summed E-state index contributed by atoms with van der Waals surface area (Å²) in [5.74, 6) is 8.15. The molecule has 0 atom stereocenters. The van der Waals surface area contributed by atoms with Gasteiger partial charge in [-0.3, -0.25) is 0 Å². The first-order chi connectivity index (χ1) is 14.0. The van der Waals surface area contributed by atoms with Crippen LogP contribution < -0.4 is 0 Å². The second kappa shape index (κ2) is 13.3. The number of hydrogen-bond acceptors (Lipinski definition) is 0. The first-order valence-corrected chi connectivity index (χ1v) is 15.8. The Morgan fingerprint density at radius 3 is 0.966 bits per heavy atom. The van der Waals surface area contributed by atoms with E-state index >= 15 is 0 Å². The molecule has 0 aliphatic heterocycles. The maximum absolute atomic E-state index is 4.93. The summed E-state index contributed by atoms with van der Waals surface area (Å²) in [6, 6.07) is 21.0. The molecule has 2 aromatic carbocycles. The third-order valence-electron chi connectivity index (χ3n) is 4.95. The molecule has 4 rings (SSSR count). The summed E-state index contributed by atoms with van der Waals surface area (Å²) in [4.78, 5) is 0. The molecule has 2 aliphatic rings. The van der Waals surface area contributed by atoms with Crippen molar-refractivity contribution in [3.8, 4) is 0 Å². The van der Waals surface area contributed by atoms with Crippen molar-refractivity contribution in [3.63, 3.8) is 0 Å². The summed E-state index contributed by atoms with van der Waals surface area (Å²) in [6.07, 6.45) is 8.96. The average Bonchev–Trinajstić information content (AvgIpc) is 3.26. The maximum atomic E-state index is 4.93. The molecular weight excluding hydrogens is 474 g/mol. The standard InChI is InChI=1S/2C13H13.2ClH.Zr/c2*1-10-8-13(9-11(10)2)12-6-4-3-5-7-12;;;/h2*3-9H,1-2H3;2*1H;/q;;;;+4/p-2. The Bertz CT molecular complexity index is 596. The van der Waals surface area contributed by atoms with Crippen molar-refractivity contribution < 1.29 is 20.8 Å². The first kappa shape index (κ1) is 25.2. The predicted octanol–water partition coefficient (Wildman–Crippen LogP) is 7.82. The second-order valence-corrected chi connectivity index (χ2v) is 10.8. The Balaban J connectivity index is 0.000000183. The molecule has 0 spiro atoms. The van der Waals surface area contributed by atoms with Crippen LogP contribution >= 0.6 is 17.0 Å². The monoisotopic (exact) mass is 498 g/mol. The van der Waals surface area contributed by atoms with Crippen LogP contribution in [0.4, 0.5) is 0 Å². The summed E-state index contributed by atoms with van der Waals surface area (Å²) < 4.78 is 0.